The molecule has 19 heavy (non-hydrogen) atoms. The molecule has 100 valence electrons. The van der Waals surface area contributed by atoms with Crippen LogP contribution in [0.3, 0.4) is 0 Å². The monoisotopic (exact) mass is 318 g/mol. The summed E-state index contributed by atoms with van der Waals surface area (Å²) in [5.41, 5.74) is 2.55. The van der Waals surface area contributed by atoms with E-state index in [-0.39, 0.29) is 0 Å². The van der Waals surface area contributed by atoms with E-state index in [1.165, 1.54) is 5.56 Å². The molecule has 0 bridgehead atoms. The number of rotatable bonds is 5. The third-order valence-electron chi connectivity index (χ3n) is 3.22. The number of aromatic nitrogens is 1. The Morgan fingerprint density at radius 2 is 2.00 bits per heavy atom. The van der Waals surface area contributed by atoms with E-state index in [1.54, 1.807) is 0 Å². The van der Waals surface area contributed by atoms with E-state index in [0.717, 1.165) is 28.8 Å². The molecule has 1 unspecified atom stereocenters. The standard InChI is InChI=1S/C16H19BrN2/c1-12-10-15(17)16(19-11-12)18-9-8-13(2)14-6-4-3-5-7-14/h3-7,10-11,13H,8-9H2,1-2H3,(H,18,19). The average molecular weight is 319 g/mol. The molecule has 0 amide bonds. The molecule has 0 radical (unpaired) electrons. The third kappa shape index (κ3) is 4.06. The Hall–Kier alpha value is -1.35. The highest BCUT2D eigenvalue weighted by Crippen LogP contribution is 2.22. The van der Waals surface area contributed by atoms with Gasteiger partial charge in [-0.1, -0.05) is 37.3 Å². The van der Waals surface area contributed by atoms with Gasteiger partial charge in [0.05, 0.1) is 4.47 Å². The van der Waals surface area contributed by atoms with Gasteiger partial charge in [-0.25, -0.2) is 4.98 Å². The Morgan fingerprint density at radius 1 is 1.26 bits per heavy atom. The Bertz CT molecular complexity index is 526. The van der Waals surface area contributed by atoms with Gasteiger partial charge in [-0.15, -0.1) is 0 Å². The highest BCUT2D eigenvalue weighted by molar-refractivity contribution is 9.10. The summed E-state index contributed by atoms with van der Waals surface area (Å²) in [5, 5.41) is 3.38. The fourth-order valence-corrected chi connectivity index (χ4v) is 2.62. The zero-order valence-electron chi connectivity index (χ0n) is 11.4. The molecule has 3 heteroatoms. The Kier molecular flexibility index (Phi) is 4.97. The van der Waals surface area contributed by atoms with Crippen LogP contribution in [0.4, 0.5) is 5.82 Å². The summed E-state index contributed by atoms with van der Waals surface area (Å²) >= 11 is 3.53. The van der Waals surface area contributed by atoms with Crippen LogP contribution in [-0.4, -0.2) is 11.5 Å². The predicted molar refractivity (Wildman–Crippen MR) is 84.6 cm³/mol. The largest absolute Gasteiger partial charge is 0.369 e. The van der Waals surface area contributed by atoms with Crippen molar-refractivity contribution in [3.8, 4) is 0 Å². The number of nitrogens with zero attached hydrogens (tertiary/aromatic N) is 1. The lowest BCUT2D eigenvalue weighted by Gasteiger charge is -2.13. The van der Waals surface area contributed by atoms with Crippen LogP contribution in [0.5, 0.6) is 0 Å². The van der Waals surface area contributed by atoms with Gasteiger partial charge in [0.25, 0.3) is 0 Å². The lowest BCUT2D eigenvalue weighted by atomic mass is 9.98. The Morgan fingerprint density at radius 3 is 2.68 bits per heavy atom. The van der Waals surface area contributed by atoms with Gasteiger partial charge in [0, 0.05) is 12.7 Å². The topological polar surface area (TPSA) is 24.9 Å². The number of benzene rings is 1. The molecular formula is C16H19BrN2. The highest BCUT2D eigenvalue weighted by Gasteiger charge is 2.06. The van der Waals surface area contributed by atoms with Gasteiger partial charge in [0.15, 0.2) is 0 Å². The van der Waals surface area contributed by atoms with Gasteiger partial charge in [-0.2, -0.15) is 0 Å². The molecule has 0 saturated carbocycles. The molecule has 2 nitrogen and oxygen atoms in total. The molecule has 1 heterocycles. The lowest BCUT2D eigenvalue weighted by Crippen LogP contribution is -2.07. The number of hydrogen-bond donors (Lipinski definition) is 1. The second kappa shape index (κ2) is 6.71. The smallest absolute Gasteiger partial charge is 0.140 e. The first kappa shape index (κ1) is 14.1. The summed E-state index contributed by atoms with van der Waals surface area (Å²) < 4.78 is 1.03. The van der Waals surface area contributed by atoms with Gasteiger partial charge in [0.2, 0.25) is 0 Å². The predicted octanol–water partition coefficient (Wildman–Crippen LogP) is 4.76. The number of hydrogen-bond acceptors (Lipinski definition) is 2. The molecular weight excluding hydrogens is 300 g/mol. The van der Waals surface area contributed by atoms with Crippen molar-refractivity contribution in [1.82, 2.24) is 4.98 Å². The van der Waals surface area contributed by atoms with Crippen LogP contribution in [0.2, 0.25) is 0 Å². The minimum Gasteiger partial charge on any atom is -0.369 e. The molecule has 1 atom stereocenters. The van der Waals surface area contributed by atoms with Gasteiger partial charge >= 0.3 is 0 Å². The van der Waals surface area contributed by atoms with Gasteiger partial charge in [-0.05, 0) is 52.4 Å². The number of anilines is 1. The molecule has 1 N–H and O–H groups in total. The van der Waals surface area contributed by atoms with Crippen molar-refractivity contribution in [1.29, 1.82) is 0 Å². The quantitative estimate of drug-likeness (QED) is 0.859. The third-order valence-corrected chi connectivity index (χ3v) is 3.82. The molecule has 0 fully saturated rings. The van der Waals surface area contributed by atoms with Crippen molar-refractivity contribution in [2.45, 2.75) is 26.2 Å². The van der Waals surface area contributed by atoms with Gasteiger partial charge < -0.3 is 5.32 Å². The van der Waals surface area contributed by atoms with E-state index in [1.807, 2.05) is 13.1 Å². The van der Waals surface area contributed by atoms with Crippen LogP contribution in [0.15, 0.2) is 47.1 Å². The number of nitrogens with one attached hydrogen (secondary N) is 1. The van der Waals surface area contributed by atoms with E-state index >= 15 is 0 Å². The number of aryl methyl sites for hydroxylation is 1. The van der Waals surface area contributed by atoms with Crippen LogP contribution in [-0.2, 0) is 0 Å². The van der Waals surface area contributed by atoms with Crippen LogP contribution >= 0.6 is 15.9 Å². The maximum absolute atomic E-state index is 4.39. The number of pyridine rings is 1. The molecule has 1 aromatic heterocycles. The second-order valence-corrected chi connectivity index (χ2v) is 5.72. The van der Waals surface area contributed by atoms with E-state index in [0.29, 0.717) is 5.92 Å². The first-order chi connectivity index (χ1) is 9.16. The minimum absolute atomic E-state index is 0.554. The summed E-state index contributed by atoms with van der Waals surface area (Å²) in [4.78, 5) is 4.39. The Labute approximate surface area is 123 Å². The first-order valence-corrected chi connectivity index (χ1v) is 7.37. The maximum atomic E-state index is 4.39. The van der Waals surface area contributed by atoms with Crippen molar-refractivity contribution >= 4 is 21.7 Å². The van der Waals surface area contributed by atoms with Crippen molar-refractivity contribution in [2.24, 2.45) is 0 Å². The van der Waals surface area contributed by atoms with Gasteiger partial charge in [0.1, 0.15) is 5.82 Å². The first-order valence-electron chi connectivity index (χ1n) is 6.58. The minimum atomic E-state index is 0.554. The molecule has 0 spiro atoms. The van der Waals surface area contributed by atoms with Crippen LogP contribution in [0.1, 0.15) is 30.4 Å². The molecule has 2 rings (SSSR count). The Balaban J connectivity index is 1.86. The zero-order chi connectivity index (χ0) is 13.7. The van der Waals surface area contributed by atoms with Crippen molar-refractivity contribution in [2.75, 3.05) is 11.9 Å². The van der Waals surface area contributed by atoms with Crippen LogP contribution in [0, 0.1) is 6.92 Å². The summed E-state index contributed by atoms with van der Waals surface area (Å²) in [6.45, 7) is 5.22. The normalized spacial score (nSPS) is 12.2. The molecule has 0 saturated heterocycles. The van der Waals surface area contributed by atoms with Crippen LogP contribution < -0.4 is 5.32 Å². The average Bonchev–Trinajstić information content (AvgIpc) is 2.42. The van der Waals surface area contributed by atoms with E-state index in [2.05, 4.69) is 69.6 Å². The number of halogens is 1. The van der Waals surface area contributed by atoms with Crippen molar-refractivity contribution in [3.05, 3.63) is 58.2 Å². The van der Waals surface area contributed by atoms with E-state index < -0.39 is 0 Å². The van der Waals surface area contributed by atoms with E-state index in [4.69, 9.17) is 0 Å². The van der Waals surface area contributed by atoms with Crippen molar-refractivity contribution in [3.63, 3.8) is 0 Å². The van der Waals surface area contributed by atoms with Crippen LogP contribution in [0.25, 0.3) is 0 Å². The highest BCUT2D eigenvalue weighted by atomic mass is 79.9. The maximum Gasteiger partial charge on any atom is 0.140 e. The zero-order valence-corrected chi connectivity index (χ0v) is 12.9. The van der Waals surface area contributed by atoms with E-state index in [9.17, 15) is 0 Å². The summed E-state index contributed by atoms with van der Waals surface area (Å²) in [7, 11) is 0. The molecule has 1 aromatic carbocycles. The van der Waals surface area contributed by atoms with Crippen molar-refractivity contribution < 1.29 is 0 Å². The summed E-state index contributed by atoms with van der Waals surface area (Å²) in [6.07, 6.45) is 2.97. The SMILES string of the molecule is Cc1cnc(NCCC(C)c2ccccc2)c(Br)c1. The summed E-state index contributed by atoms with van der Waals surface area (Å²) in [5.74, 6) is 1.48. The lowest BCUT2D eigenvalue weighted by molar-refractivity contribution is 0.704. The molecule has 2 aromatic rings. The molecule has 0 aliphatic heterocycles. The molecule has 0 aliphatic carbocycles. The molecule has 0 aliphatic rings. The fraction of sp³-hybridized carbons (Fsp3) is 0.312. The fourth-order valence-electron chi connectivity index (χ4n) is 2.02. The second-order valence-electron chi connectivity index (χ2n) is 4.87. The summed E-state index contributed by atoms with van der Waals surface area (Å²) in [6, 6.07) is 12.7. The van der Waals surface area contributed by atoms with Gasteiger partial charge in [-0.3, -0.25) is 0 Å².